The van der Waals surface area contributed by atoms with Crippen LogP contribution >= 0.6 is 0 Å². The Morgan fingerprint density at radius 2 is 2.12 bits per heavy atom. The Balaban J connectivity index is 1.71. The molecular formula is C16H25N5O4. The third-order valence-corrected chi connectivity index (χ3v) is 3.91. The van der Waals surface area contributed by atoms with Crippen LogP contribution < -0.4 is 15.4 Å². The molecule has 1 saturated heterocycles. The lowest BCUT2D eigenvalue weighted by atomic mass is 10.1. The summed E-state index contributed by atoms with van der Waals surface area (Å²) in [4.78, 5) is 32.5. The van der Waals surface area contributed by atoms with Crippen LogP contribution in [0.1, 0.15) is 32.6 Å². The molecule has 2 heterocycles. The molecule has 1 aliphatic heterocycles. The van der Waals surface area contributed by atoms with E-state index < -0.39 is 5.97 Å². The normalized spacial score (nSPS) is 14.8. The minimum atomic E-state index is -0.849. The lowest BCUT2D eigenvalue weighted by Gasteiger charge is -2.32. The van der Waals surface area contributed by atoms with Crippen molar-refractivity contribution < 1.29 is 19.4 Å². The first-order chi connectivity index (χ1) is 12.1. The summed E-state index contributed by atoms with van der Waals surface area (Å²) in [7, 11) is 0. The quantitative estimate of drug-likeness (QED) is 0.605. The Hall–Kier alpha value is -2.58. The lowest BCUT2D eigenvalue weighted by molar-refractivity contribution is -0.137. The molecule has 0 atom stereocenters. The molecule has 9 heteroatoms. The molecule has 1 aliphatic rings. The van der Waals surface area contributed by atoms with Crippen molar-refractivity contribution in [1.82, 2.24) is 20.2 Å². The summed E-state index contributed by atoms with van der Waals surface area (Å²) in [5, 5.41) is 14.7. The fourth-order valence-electron chi connectivity index (χ4n) is 2.63. The second-order valence-corrected chi connectivity index (χ2v) is 5.81. The number of ether oxygens (including phenoxy) is 1. The topological polar surface area (TPSA) is 117 Å². The van der Waals surface area contributed by atoms with Crippen molar-refractivity contribution in [2.75, 3.05) is 31.6 Å². The zero-order valence-corrected chi connectivity index (χ0v) is 14.4. The molecule has 0 unspecified atom stereocenters. The van der Waals surface area contributed by atoms with Gasteiger partial charge in [-0.3, -0.25) is 4.79 Å². The van der Waals surface area contributed by atoms with Crippen LogP contribution in [0.15, 0.2) is 12.4 Å². The largest absolute Gasteiger partial charge is 0.481 e. The molecule has 1 aromatic heterocycles. The highest BCUT2D eigenvalue weighted by atomic mass is 16.5. The van der Waals surface area contributed by atoms with E-state index in [4.69, 9.17) is 9.84 Å². The molecule has 0 saturated carbocycles. The summed E-state index contributed by atoms with van der Waals surface area (Å²) >= 11 is 0. The maximum absolute atomic E-state index is 12.0. The van der Waals surface area contributed by atoms with Gasteiger partial charge in [0, 0.05) is 38.2 Å². The van der Waals surface area contributed by atoms with Gasteiger partial charge in [0.2, 0.25) is 5.88 Å². The fraction of sp³-hybridized carbons (Fsp3) is 0.625. The monoisotopic (exact) mass is 351 g/mol. The van der Waals surface area contributed by atoms with Crippen LogP contribution in [0.3, 0.4) is 0 Å². The number of hydrogen-bond donors (Lipinski definition) is 3. The maximum Gasteiger partial charge on any atom is 0.317 e. The van der Waals surface area contributed by atoms with Crippen molar-refractivity contribution in [2.24, 2.45) is 0 Å². The molecule has 0 aliphatic carbocycles. The second kappa shape index (κ2) is 9.65. The number of urea groups is 1. The number of nitrogens with one attached hydrogen (secondary N) is 2. The number of piperidine rings is 1. The van der Waals surface area contributed by atoms with Gasteiger partial charge in [-0.15, -0.1) is 0 Å². The summed E-state index contributed by atoms with van der Waals surface area (Å²) in [5.74, 6) is 0.409. The van der Waals surface area contributed by atoms with E-state index in [1.807, 2.05) is 6.92 Å². The number of rotatable bonds is 8. The number of anilines is 1. The van der Waals surface area contributed by atoms with Crippen LogP contribution in [0.25, 0.3) is 0 Å². The Morgan fingerprint density at radius 1 is 1.36 bits per heavy atom. The first-order valence-electron chi connectivity index (χ1n) is 8.54. The van der Waals surface area contributed by atoms with Crippen LogP contribution in [-0.4, -0.2) is 64.3 Å². The Kier molecular flexibility index (Phi) is 7.24. The van der Waals surface area contributed by atoms with Crippen molar-refractivity contribution in [3.8, 4) is 5.88 Å². The number of aromatic nitrogens is 2. The van der Waals surface area contributed by atoms with E-state index in [1.54, 1.807) is 11.0 Å². The van der Waals surface area contributed by atoms with Crippen LogP contribution in [0, 0.1) is 0 Å². The Bertz CT molecular complexity index is 575. The minimum absolute atomic E-state index is 0.0644. The average molecular weight is 351 g/mol. The van der Waals surface area contributed by atoms with Crippen LogP contribution in [0.5, 0.6) is 5.88 Å². The van der Waals surface area contributed by atoms with E-state index in [-0.39, 0.29) is 18.5 Å². The summed E-state index contributed by atoms with van der Waals surface area (Å²) in [5.41, 5.74) is 0. The van der Waals surface area contributed by atoms with E-state index >= 15 is 0 Å². The summed E-state index contributed by atoms with van der Waals surface area (Å²) in [6, 6.07) is 1.87. The number of likely N-dealkylation sites (tertiary alicyclic amines) is 1. The van der Waals surface area contributed by atoms with Crippen molar-refractivity contribution in [2.45, 2.75) is 38.6 Å². The van der Waals surface area contributed by atoms with Crippen molar-refractivity contribution in [3.63, 3.8) is 0 Å². The lowest BCUT2D eigenvalue weighted by Crippen LogP contribution is -2.47. The molecule has 0 aromatic carbocycles. The SMILES string of the molecule is CCOc1cc(NC2CCN(C(=O)NCCCC(=O)O)CC2)ncn1. The van der Waals surface area contributed by atoms with E-state index in [9.17, 15) is 9.59 Å². The van der Waals surface area contributed by atoms with Crippen molar-refractivity contribution in [1.29, 1.82) is 0 Å². The highest BCUT2D eigenvalue weighted by molar-refractivity contribution is 5.74. The highest BCUT2D eigenvalue weighted by Gasteiger charge is 2.22. The standard InChI is InChI=1S/C16H25N5O4/c1-2-25-14-10-13(18-11-19-14)20-12-5-8-21(9-6-12)16(24)17-7-3-4-15(22)23/h10-12H,2-9H2,1H3,(H,17,24)(H,22,23)(H,18,19,20). The number of carboxylic acid groups (broad SMARTS) is 1. The molecule has 3 N–H and O–H groups in total. The third-order valence-electron chi connectivity index (χ3n) is 3.91. The number of carbonyl (C=O) groups excluding carboxylic acids is 1. The highest BCUT2D eigenvalue weighted by Crippen LogP contribution is 2.17. The number of carbonyl (C=O) groups is 2. The number of carboxylic acids is 1. The molecule has 138 valence electrons. The van der Waals surface area contributed by atoms with E-state index in [1.165, 1.54) is 6.33 Å². The van der Waals surface area contributed by atoms with Crippen LogP contribution in [-0.2, 0) is 4.79 Å². The number of hydrogen-bond acceptors (Lipinski definition) is 6. The van der Waals surface area contributed by atoms with Gasteiger partial charge in [0.1, 0.15) is 12.1 Å². The van der Waals surface area contributed by atoms with E-state index in [2.05, 4.69) is 20.6 Å². The van der Waals surface area contributed by atoms with Crippen molar-refractivity contribution >= 4 is 17.8 Å². The average Bonchev–Trinajstić information content (AvgIpc) is 2.60. The van der Waals surface area contributed by atoms with Gasteiger partial charge in [0.25, 0.3) is 0 Å². The van der Waals surface area contributed by atoms with Gasteiger partial charge in [-0.25, -0.2) is 14.8 Å². The minimum Gasteiger partial charge on any atom is -0.481 e. The van der Waals surface area contributed by atoms with Crippen LogP contribution in [0.4, 0.5) is 10.6 Å². The van der Waals surface area contributed by atoms with Gasteiger partial charge in [-0.05, 0) is 26.2 Å². The van der Waals surface area contributed by atoms with Gasteiger partial charge in [0.05, 0.1) is 6.61 Å². The third kappa shape index (κ3) is 6.44. The molecule has 1 fully saturated rings. The maximum atomic E-state index is 12.0. The number of nitrogens with zero attached hydrogens (tertiary/aromatic N) is 3. The summed E-state index contributed by atoms with van der Waals surface area (Å²) in [6.45, 7) is 4.12. The molecule has 0 radical (unpaired) electrons. The van der Waals surface area contributed by atoms with Crippen LogP contribution in [0.2, 0.25) is 0 Å². The van der Waals surface area contributed by atoms with Gasteiger partial charge >= 0.3 is 12.0 Å². The van der Waals surface area contributed by atoms with Gasteiger partial charge < -0.3 is 25.4 Å². The molecular weight excluding hydrogens is 326 g/mol. The first-order valence-corrected chi connectivity index (χ1v) is 8.54. The Morgan fingerprint density at radius 3 is 2.80 bits per heavy atom. The van der Waals surface area contributed by atoms with Gasteiger partial charge in [-0.2, -0.15) is 0 Å². The number of amides is 2. The molecule has 2 rings (SSSR count). The number of aliphatic carboxylic acids is 1. The van der Waals surface area contributed by atoms with Crippen molar-refractivity contribution in [3.05, 3.63) is 12.4 Å². The predicted molar refractivity (Wildman–Crippen MR) is 91.7 cm³/mol. The van der Waals surface area contributed by atoms with Gasteiger partial charge in [-0.1, -0.05) is 0 Å². The van der Waals surface area contributed by atoms with E-state index in [0.29, 0.717) is 38.5 Å². The smallest absolute Gasteiger partial charge is 0.317 e. The zero-order valence-electron chi connectivity index (χ0n) is 14.4. The van der Waals surface area contributed by atoms with Gasteiger partial charge in [0.15, 0.2) is 0 Å². The molecule has 9 nitrogen and oxygen atoms in total. The summed E-state index contributed by atoms with van der Waals surface area (Å²) < 4.78 is 5.36. The molecule has 0 spiro atoms. The predicted octanol–water partition coefficient (Wildman–Crippen LogP) is 1.33. The summed E-state index contributed by atoms with van der Waals surface area (Å²) in [6.07, 6.45) is 3.60. The molecule has 25 heavy (non-hydrogen) atoms. The first kappa shape index (κ1) is 18.8. The molecule has 2 amide bonds. The Labute approximate surface area is 146 Å². The molecule has 0 bridgehead atoms. The van der Waals surface area contributed by atoms with E-state index in [0.717, 1.165) is 18.7 Å². The zero-order chi connectivity index (χ0) is 18.1. The molecule has 1 aromatic rings. The fourth-order valence-corrected chi connectivity index (χ4v) is 2.63. The second-order valence-electron chi connectivity index (χ2n) is 5.81.